The van der Waals surface area contributed by atoms with Gasteiger partial charge in [-0.3, -0.25) is 5.84 Å². The largest absolute Gasteiger partial charge is 0.492 e. The van der Waals surface area contributed by atoms with Gasteiger partial charge in [-0.25, -0.2) is 13.8 Å². The first-order valence-corrected chi connectivity index (χ1v) is 10.3. The van der Waals surface area contributed by atoms with Crippen LogP contribution in [0.2, 0.25) is 0 Å². The number of ether oxygens (including phenoxy) is 2. The molecule has 0 unspecified atom stereocenters. The van der Waals surface area contributed by atoms with Gasteiger partial charge in [-0.05, 0) is 31.4 Å². The van der Waals surface area contributed by atoms with Crippen LogP contribution in [0, 0.1) is 11.7 Å². The summed E-state index contributed by atoms with van der Waals surface area (Å²) in [5.74, 6) is 5.69. The van der Waals surface area contributed by atoms with Crippen LogP contribution < -0.4 is 26.1 Å². The highest BCUT2D eigenvalue weighted by Crippen LogP contribution is 2.49. The first-order chi connectivity index (χ1) is 13.9. The molecule has 3 atom stereocenters. The number of halogens is 2. The van der Waals surface area contributed by atoms with Gasteiger partial charge >= 0.3 is 0 Å². The van der Waals surface area contributed by atoms with E-state index in [4.69, 9.17) is 21.1 Å². The molecular weight excluding hydrogens is 380 g/mol. The standard InChI is InChI=1S/C20H31F2N5O2/c1-3-29-10-17(23)14-8-25(9-16(14)22)19-15(21)6-12-7-26(24)11-27(13-4-5-13)18(12)20(19)28-2/h6,13-14,16-17H,3-5,7-11,23-24H2,1-2H3/t14-,16-,17+/m0/s1. The lowest BCUT2D eigenvalue weighted by Gasteiger charge is -2.38. The lowest BCUT2D eigenvalue weighted by Crippen LogP contribution is -2.47. The number of nitrogens with two attached hydrogens (primary N) is 2. The maximum atomic E-state index is 15.2. The smallest absolute Gasteiger partial charge is 0.168 e. The number of hydrogen-bond acceptors (Lipinski definition) is 7. The number of anilines is 2. The highest BCUT2D eigenvalue weighted by atomic mass is 19.1. The minimum absolute atomic E-state index is 0.0863. The number of rotatable bonds is 7. The molecule has 1 aromatic rings. The molecule has 4 rings (SSSR count). The molecule has 29 heavy (non-hydrogen) atoms. The summed E-state index contributed by atoms with van der Waals surface area (Å²) in [7, 11) is 1.54. The second-order valence-corrected chi connectivity index (χ2v) is 8.25. The van der Waals surface area contributed by atoms with Gasteiger partial charge in [-0.1, -0.05) is 0 Å². The predicted octanol–water partition coefficient (Wildman–Crippen LogP) is 1.59. The third-order valence-corrected chi connectivity index (χ3v) is 6.12. The van der Waals surface area contributed by atoms with Crippen molar-refractivity contribution in [3.05, 3.63) is 17.4 Å². The van der Waals surface area contributed by atoms with Gasteiger partial charge in [0, 0.05) is 44.2 Å². The van der Waals surface area contributed by atoms with E-state index in [-0.39, 0.29) is 6.54 Å². The summed E-state index contributed by atoms with van der Waals surface area (Å²) in [4.78, 5) is 3.91. The van der Waals surface area contributed by atoms with Crippen LogP contribution in [0.15, 0.2) is 6.07 Å². The molecule has 0 spiro atoms. The highest BCUT2D eigenvalue weighted by molar-refractivity contribution is 5.78. The Morgan fingerprint density at radius 2 is 2.03 bits per heavy atom. The summed E-state index contributed by atoms with van der Waals surface area (Å²) < 4.78 is 41.1. The number of hydrogen-bond donors (Lipinski definition) is 2. The zero-order valence-electron chi connectivity index (χ0n) is 17.1. The Hall–Kier alpha value is -1.68. The summed E-state index contributed by atoms with van der Waals surface area (Å²) in [6.07, 6.45) is 1.01. The van der Waals surface area contributed by atoms with Gasteiger partial charge in [0.25, 0.3) is 0 Å². The molecule has 2 fully saturated rings. The van der Waals surface area contributed by atoms with Crippen molar-refractivity contribution in [1.29, 1.82) is 0 Å². The van der Waals surface area contributed by atoms with Crippen LogP contribution in [-0.2, 0) is 11.3 Å². The van der Waals surface area contributed by atoms with Crippen molar-refractivity contribution >= 4 is 11.4 Å². The number of methoxy groups -OCH3 is 1. The average Bonchev–Trinajstić information content (AvgIpc) is 3.46. The molecule has 0 aromatic heterocycles. The Kier molecular flexibility index (Phi) is 5.83. The van der Waals surface area contributed by atoms with Crippen molar-refractivity contribution in [3.8, 4) is 5.75 Å². The summed E-state index contributed by atoms with van der Waals surface area (Å²) in [5, 5.41) is 1.68. The first kappa shape index (κ1) is 20.6. The monoisotopic (exact) mass is 411 g/mol. The van der Waals surface area contributed by atoms with Gasteiger partial charge in [0.15, 0.2) is 11.6 Å². The van der Waals surface area contributed by atoms with Crippen molar-refractivity contribution in [2.45, 2.75) is 44.6 Å². The van der Waals surface area contributed by atoms with E-state index in [0.29, 0.717) is 50.5 Å². The fraction of sp³-hybridized carbons (Fsp3) is 0.700. The molecule has 2 heterocycles. The van der Waals surface area contributed by atoms with E-state index in [1.807, 2.05) is 6.92 Å². The Balaban J connectivity index is 1.67. The van der Waals surface area contributed by atoms with Crippen molar-refractivity contribution < 1.29 is 18.3 Å². The van der Waals surface area contributed by atoms with Crippen molar-refractivity contribution in [1.82, 2.24) is 5.01 Å². The lowest BCUT2D eigenvalue weighted by atomic mass is 9.99. The van der Waals surface area contributed by atoms with Crippen molar-refractivity contribution in [3.63, 3.8) is 0 Å². The zero-order chi connectivity index (χ0) is 20.7. The summed E-state index contributed by atoms with van der Waals surface area (Å²) in [6, 6.07) is 1.46. The Labute approximate surface area is 170 Å². The van der Waals surface area contributed by atoms with E-state index >= 15 is 4.39 Å². The van der Waals surface area contributed by atoms with Gasteiger partial charge in [0.1, 0.15) is 11.9 Å². The van der Waals surface area contributed by atoms with E-state index < -0.39 is 23.9 Å². The summed E-state index contributed by atoms with van der Waals surface area (Å²) in [5.41, 5.74) is 8.15. The average molecular weight is 411 g/mol. The molecule has 2 aliphatic heterocycles. The topological polar surface area (TPSA) is 80.2 Å². The second-order valence-electron chi connectivity index (χ2n) is 8.25. The molecule has 1 saturated heterocycles. The van der Waals surface area contributed by atoms with E-state index in [1.165, 1.54) is 6.07 Å². The SMILES string of the molecule is CCOC[C@@H](N)[C@H]1CN(c2c(F)cc3c(c2OC)N(C2CC2)CN(N)C3)C[C@@H]1F. The normalized spacial score (nSPS) is 26.0. The second kappa shape index (κ2) is 8.22. The van der Waals surface area contributed by atoms with Crippen molar-refractivity contribution in [2.75, 3.05) is 49.9 Å². The Morgan fingerprint density at radius 3 is 2.69 bits per heavy atom. The third-order valence-electron chi connectivity index (χ3n) is 6.12. The quantitative estimate of drug-likeness (QED) is 0.660. The van der Waals surface area contributed by atoms with Crippen LogP contribution in [0.3, 0.4) is 0 Å². The number of alkyl halides is 1. The number of benzene rings is 1. The Bertz CT molecular complexity index is 748. The van der Waals surface area contributed by atoms with Crippen LogP contribution in [-0.4, -0.2) is 63.3 Å². The number of nitrogens with zero attached hydrogens (tertiary/aromatic N) is 3. The first-order valence-electron chi connectivity index (χ1n) is 10.3. The maximum Gasteiger partial charge on any atom is 0.168 e. The number of fused-ring (bicyclic) bond motifs is 1. The molecule has 1 aromatic carbocycles. The van der Waals surface area contributed by atoms with Crippen LogP contribution >= 0.6 is 0 Å². The predicted molar refractivity (Wildman–Crippen MR) is 108 cm³/mol. The molecule has 4 N–H and O–H groups in total. The van der Waals surface area contributed by atoms with E-state index in [0.717, 1.165) is 24.1 Å². The van der Waals surface area contributed by atoms with E-state index in [2.05, 4.69) is 4.90 Å². The highest BCUT2D eigenvalue weighted by Gasteiger charge is 2.42. The fourth-order valence-electron chi connectivity index (χ4n) is 4.55. The summed E-state index contributed by atoms with van der Waals surface area (Å²) in [6.45, 7) is 4.12. The molecule has 162 valence electrons. The van der Waals surface area contributed by atoms with Crippen LogP contribution in [0.1, 0.15) is 25.3 Å². The summed E-state index contributed by atoms with van der Waals surface area (Å²) >= 11 is 0. The molecule has 9 heteroatoms. The Morgan fingerprint density at radius 1 is 1.28 bits per heavy atom. The minimum atomic E-state index is -1.15. The molecule has 1 saturated carbocycles. The molecule has 1 aliphatic carbocycles. The molecule has 7 nitrogen and oxygen atoms in total. The molecular formula is C20H31F2N5O2. The van der Waals surface area contributed by atoms with Gasteiger partial charge < -0.3 is 25.0 Å². The van der Waals surface area contributed by atoms with Crippen molar-refractivity contribution in [2.24, 2.45) is 17.5 Å². The number of hydrazine groups is 1. The van der Waals surface area contributed by atoms with Crippen LogP contribution in [0.5, 0.6) is 5.75 Å². The van der Waals surface area contributed by atoms with Gasteiger partial charge in [-0.2, -0.15) is 0 Å². The van der Waals surface area contributed by atoms with Gasteiger partial charge in [0.2, 0.25) is 0 Å². The zero-order valence-corrected chi connectivity index (χ0v) is 17.1. The van der Waals surface area contributed by atoms with E-state index in [9.17, 15) is 4.39 Å². The van der Waals surface area contributed by atoms with Crippen LogP contribution in [0.4, 0.5) is 20.2 Å². The molecule has 3 aliphatic rings. The fourth-order valence-corrected chi connectivity index (χ4v) is 4.55. The van der Waals surface area contributed by atoms with Gasteiger partial charge in [-0.15, -0.1) is 0 Å². The minimum Gasteiger partial charge on any atom is -0.492 e. The molecule has 0 amide bonds. The third kappa shape index (κ3) is 3.88. The maximum absolute atomic E-state index is 15.2. The van der Waals surface area contributed by atoms with Gasteiger partial charge in [0.05, 0.1) is 26.1 Å². The van der Waals surface area contributed by atoms with E-state index in [1.54, 1.807) is 17.0 Å². The molecule has 0 radical (unpaired) electrons. The van der Waals surface area contributed by atoms with Crippen LogP contribution in [0.25, 0.3) is 0 Å². The lowest BCUT2D eigenvalue weighted by molar-refractivity contribution is 0.105. The molecule has 0 bridgehead atoms.